The molecule has 0 amide bonds. The molecule has 0 bridgehead atoms. The van der Waals surface area contributed by atoms with Gasteiger partial charge in [-0.3, -0.25) is 4.90 Å². The highest BCUT2D eigenvalue weighted by Gasteiger charge is 2.37. The Bertz CT molecular complexity index is 232. The van der Waals surface area contributed by atoms with Crippen LogP contribution in [0.3, 0.4) is 0 Å². The zero-order valence-corrected chi connectivity index (χ0v) is 11.8. The van der Waals surface area contributed by atoms with Crippen molar-refractivity contribution in [3.05, 3.63) is 0 Å². The van der Waals surface area contributed by atoms with Crippen LogP contribution in [0.2, 0.25) is 0 Å². The minimum absolute atomic E-state index is 0.782. The van der Waals surface area contributed by atoms with Gasteiger partial charge in [0.05, 0.1) is 0 Å². The highest BCUT2D eigenvalue weighted by atomic mass is 15.3. The molecule has 3 atom stereocenters. The molecule has 0 aromatic rings. The Balaban J connectivity index is 1.82. The maximum atomic E-state index is 3.52. The van der Waals surface area contributed by atoms with E-state index >= 15 is 0 Å². The van der Waals surface area contributed by atoms with Crippen LogP contribution in [0.5, 0.6) is 0 Å². The van der Waals surface area contributed by atoms with E-state index in [1.165, 1.54) is 45.4 Å². The van der Waals surface area contributed by atoms with Crippen molar-refractivity contribution in [1.29, 1.82) is 0 Å². The van der Waals surface area contributed by atoms with Crippen LogP contribution in [-0.2, 0) is 0 Å². The van der Waals surface area contributed by atoms with Crippen molar-refractivity contribution in [2.24, 2.45) is 5.92 Å². The molecule has 17 heavy (non-hydrogen) atoms. The molecule has 2 aliphatic rings. The minimum Gasteiger partial charge on any atom is -0.317 e. The smallest absolute Gasteiger partial charge is 0.0218 e. The topological polar surface area (TPSA) is 18.5 Å². The predicted octanol–water partition coefficient (Wildman–Crippen LogP) is 1.40. The molecule has 0 aromatic heterocycles. The highest BCUT2D eigenvalue weighted by molar-refractivity contribution is 4.93. The van der Waals surface area contributed by atoms with Crippen LogP contribution in [0, 0.1) is 5.92 Å². The van der Waals surface area contributed by atoms with Gasteiger partial charge in [0.15, 0.2) is 0 Å². The molecule has 3 unspecified atom stereocenters. The standard InChI is InChI=1S/C14H29N3/c1-4-13-11-17(9-8-16(13)3)14-7-6-12(14)10-15-5-2/h12-15H,4-11H2,1-3H3. The second-order valence-electron chi connectivity index (χ2n) is 5.75. The van der Waals surface area contributed by atoms with Crippen LogP contribution in [0.15, 0.2) is 0 Å². The van der Waals surface area contributed by atoms with E-state index in [1.807, 2.05) is 0 Å². The number of likely N-dealkylation sites (N-methyl/N-ethyl adjacent to an activating group) is 1. The van der Waals surface area contributed by atoms with Crippen LogP contribution in [0.25, 0.3) is 0 Å². The fraction of sp³-hybridized carbons (Fsp3) is 1.00. The van der Waals surface area contributed by atoms with Crippen molar-refractivity contribution in [2.45, 2.75) is 45.2 Å². The van der Waals surface area contributed by atoms with E-state index in [0.717, 1.165) is 24.5 Å². The number of hydrogen-bond donors (Lipinski definition) is 1. The lowest BCUT2D eigenvalue weighted by molar-refractivity contribution is 0.00165. The van der Waals surface area contributed by atoms with Gasteiger partial charge in [-0.2, -0.15) is 0 Å². The molecule has 0 aromatic carbocycles. The molecule has 1 saturated carbocycles. The average Bonchev–Trinajstić information content (AvgIpc) is 2.30. The molecule has 1 aliphatic heterocycles. The SMILES string of the molecule is CCNCC1CCC1N1CCN(C)C(CC)C1. The van der Waals surface area contributed by atoms with Gasteiger partial charge in [0.2, 0.25) is 0 Å². The summed E-state index contributed by atoms with van der Waals surface area (Å²) in [6.45, 7) is 10.7. The van der Waals surface area contributed by atoms with E-state index in [9.17, 15) is 0 Å². The van der Waals surface area contributed by atoms with E-state index in [2.05, 4.69) is 36.0 Å². The first kappa shape index (κ1) is 13.3. The van der Waals surface area contributed by atoms with Gasteiger partial charge in [0, 0.05) is 31.7 Å². The summed E-state index contributed by atoms with van der Waals surface area (Å²) in [7, 11) is 2.28. The first-order valence-electron chi connectivity index (χ1n) is 7.41. The van der Waals surface area contributed by atoms with Crippen LogP contribution in [0.4, 0.5) is 0 Å². The summed E-state index contributed by atoms with van der Waals surface area (Å²) in [5, 5.41) is 3.52. The summed E-state index contributed by atoms with van der Waals surface area (Å²) in [5.41, 5.74) is 0. The fourth-order valence-corrected chi connectivity index (χ4v) is 3.31. The molecule has 3 nitrogen and oxygen atoms in total. The van der Waals surface area contributed by atoms with Crippen LogP contribution in [-0.4, -0.2) is 61.7 Å². The van der Waals surface area contributed by atoms with Crippen molar-refractivity contribution in [3.63, 3.8) is 0 Å². The van der Waals surface area contributed by atoms with E-state index in [-0.39, 0.29) is 0 Å². The van der Waals surface area contributed by atoms with Crippen LogP contribution in [0.1, 0.15) is 33.1 Å². The Morgan fingerprint density at radius 3 is 2.59 bits per heavy atom. The van der Waals surface area contributed by atoms with E-state index in [1.54, 1.807) is 0 Å². The molecule has 0 spiro atoms. The molecule has 2 rings (SSSR count). The molecule has 1 aliphatic carbocycles. The normalized spacial score (nSPS) is 35.8. The van der Waals surface area contributed by atoms with Crippen molar-refractivity contribution < 1.29 is 0 Å². The molecule has 100 valence electrons. The summed E-state index contributed by atoms with van der Waals surface area (Å²) in [5.74, 6) is 0.913. The van der Waals surface area contributed by atoms with E-state index < -0.39 is 0 Å². The first-order chi connectivity index (χ1) is 8.26. The zero-order chi connectivity index (χ0) is 12.3. The van der Waals surface area contributed by atoms with Crippen molar-refractivity contribution >= 4 is 0 Å². The number of nitrogens with one attached hydrogen (secondary N) is 1. The van der Waals surface area contributed by atoms with Gasteiger partial charge in [-0.05, 0) is 45.3 Å². The Labute approximate surface area is 107 Å². The third-order valence-corrected chi connectivity index (χ3v) is 4.78. The van der Waals surface area contributed by atoms with Gasteiger partial charge in [0.1, 0.15) is 0 Å². The second kappa shape index (κ2) is 6.17. The predicted molar refractivity (Wildman–Crippen MR) is 73.3 cm³/mol. The Hall–Kier alpha value is -0.120. The van der Waals surface area contributed by atoms with Gasteiger partial charge in [-0.15, -0.1) is 0 Å². The number of hydrogen-bond acceptors (Lipinski definition) is 3. The van der Waals surface area contributed by atoms with Gasteiger partial charge < -0.3 is 10.2 Å². The Morgan fingerprint density at radius 1 is 1.18 bits per heavy atom. The average molecular weight is 239 g/mol. The lowest BCUT2D eigenvalue weighted by atomic mass is 9.78. The van der Waals surface area contributed by atoms with Gasteiger partial charge >= 0.3 is 0 Å². The quantitative estimate of drug-likeness (QED) is 0.782. The maximum Gasteiger partial charge on any atom is 0.0218 e. The van der Waals surface area contributed by atoms with Gasteiger partial charge in [-0.1, -0.05) is 13.8 Å². The van der Waals surface area contributed by atoms with Crippen LogP contribution < -0.4 is 5.32 Å². The molecule has 1 N–H and O–H groups in total. The third-order valence-electron chi connectivity index (χ3n) is 4.78. The molecule has 0 radical (unpaired) electrons. The molecule has 1 heterocycles. The zero-order valence-electron chi connectivity index (χ0n) is 11.8. The Morgan fingerprint density at radius 2 is 2.00 bits per heavy atom. The summed E-state index contributed by atoms with van der Waals surface area (Å²) < 4.78 is 0. The first-order valence-corrected chi connectivity index (χ1v) is 7.41. The minimum atomic E-state index is 0.782. The Kier molecular flexibility index (Phi) is 4.83. The van der Waals surface area contributed by atoms with Crippen molar-refractivity contribution in [1.82, 2.24) is 15.1 Å². The maximum absolute atomic E-state index is 3.52. The molecular formula is C14H29N3. The van der Waals surface area contributed by atoms with Crippen molar-refractivity contribution in [3.8, 4) is 0 Å². The third kappa shape index (κ3) is 3.01. The molecule has 1 saturated heterocycles. The highest BCUT2D eigenvalue weighted by Crippen LogP contribution is 2.33. The summed E-state index contributed by atoms with van der Waals surface area (Å²) in [4.78, 5) is 5.30. The summed E-state index contributed by atoms with van der Waals surface area (Å²) in [6.07, 6.45) is 4.15. The second-order valence-corrected chi connectivity index (χ2v) is 5.75. The van der Waals surface area contributed by atoms with Crippen molar-refractivity contribution in [2.75, 3.05) is 39.8 Å². The number of piperazine rings is 1. The number of rotatable bonds is 5. The van der Waals surface area contributed by atoms with Gasteiger partial charge in [0.25, 0.3) is 0 Å². The lowest BCUT2D eigenvalue weighted by Gasteiger charge is -2.49. The summed E-state index contributed by atoms with van der Waals surface area (Å²) in [6, 6.07) is 1.65. The largest absolute Gasteiger partial charge is 0.317 e. The number of nitrogens with zero attached hydrogens (tertiary/aromatic N) is 2. The molecule has 3 heteroatoms. The monoisotopic (exact) mass is 239 g/mol. The van der Waals surface area contributed by atoms with Gasteiger partial charge in [-0.25, -0.2) is 0 Å². The summed E-state index contributed by atoms with van der Waals surface area (Å²) >= 11 is 0. The molecule has 2 fully saturated rings. The fourth-order valence-electron chi connectivity index (χ4n) is 3.31. The lowest BCUT2D eigenvalue weighted by Crippen LogP contribution is -2.59. The van der Waals surface area contributed by atoms with E-state index in [4.69, 9.17) is 0 Å². The van der Waals surface area contributed by atoms with E-state index in [0.29, 0.717) is 0 Å². The van der Waals surface area contributed by atoms with Crippen LogP contribution >= 0.6 is 0 Å². The molecular weight excluding hydrogens is 210 g/mol.